The van der Waals surface area contributed by atoms with Crippen LogP contribution in [0.1, 0.15) is 13.8 Å². The zero-order valence-corrected chi connectivity index (χ0v) is 8.03. The van der Waals surface area contributed by atoms with Gasteiger partial charge in [-0.1, -0.05) is 19.2 Å². The number of allylic oxidation sites excluding steroid dienone is 4. The molecule has 0 aliphatic carbocycles. The van der Waals surface area contributed by atoms with Crippen LogP contribution in [0.25, 0.3) is 0 Å². The maximum Gasteiger partial charge on any atom is 0.00898 e. The first kappa shape index (κ1) is 8.95. The Hall–Kier alpha value is -0.0500. The van der Waals surface area contributed by atoms with Gasteiger partial charge in [0.1, 0.15) is 0 Å². The third kappa shape index (κ3) is 2.84. The first-order valence-corrected chi connectivity index (χ1v) is 3.82. The van der Waals surface area contributed by atoms with Crippen molar-refractivity contribution in [2.24, 2.45) is 0 Å². The van der Waals surface area contributed by atoms with Gasteiger partial charge < -0.3 is 0 Å². The highest BCUT2D eigenvalue weighted by Gasteiger charge is 1.92. The molecule has 0 aromatic carbocycles. The van der Waals surface area contributed by atoms with E-state index in [1.807, 2.05) is 19.9 Å². The molecule has 0 radical (unpaired) electrons. The van der Waals surface area contributed by atoms with E-state index in [0.717, 1.165) is 3.58 Å². The molecule has 0 aliphatic rings. The van der Waals surface area contributed by atoms with E-state index in [2.05, 4.69) is 35.7 Å². The van der Waals surface area contributed by atoms with Gasteiger partial charge >= 0.3 is 0 Å². The molecule has 0 nitrogen and oxygen atoms in total. The van der Waals surface area contributed by atoms with Gasteiger partial charge in [0.15, 0.2) is 0 Å². The molecule has 0 bridgehead atoms. The lowest BCUT2D eigenvalue weighted by Gasteiger charge is -1.98. The molecule has 0 aliphatic heterocycles. The lowest BCUT2D eigenvalue weighted by Crippen LogP contribution is -1.77. The summed E-state index contributed by atoms with van der Waals surface area (Å²) in [5, 5.41) is 0. The Kier molecular flexibility index (Phi) is 3.86. The molecule has 0 heterocycles. The normalized spacial score (nSPS) is 12.3. The van der Waals surface area contributed by atoms with E-state index in [-0.39, 0.29) is 0 Å². The van der Waals surface area contributed by atoms with Gasteiger partial charge in [0.25, 0.3) is 0 Å². The van der Waals surface area contributed by atoms with Gasteiger partial charge in [-0.15, -0.1) is 0 Å². The Bertz CT molecular complexity index is 163. The second-order valence-electron chi connectivity index (χ2n) is 1.92. The number of hydrogen-bond donors (Lipinski definition) is 0. The van der Waals surface area contributed by atoms with Crippen LogP contribution in [-0.2, 0) is 0 Å². The number of rotatable bonds is 2. The molecule has 0 saturated heterocycles. The Labute approximate surface area is 70.5 Å². The highest BCUT2D eigenvalue weighted by molar-refractivity contribution is 14.1. The molecular formula is C8H11I. The lowest BCUT2D eigenvalue weighted by molar-refractivity contribution is 1.38. The van der Waals surface area contributed by atoms with Gasteiger partial charge in [-0.05, 0) is 47.6 Å². The minimum atomic E-state index is 1.09. The summed E-state index contributed by atoms with van der Waals surface area (Å²) in [5.41, 5.74) is 2.43. The SMILES string of the molecule is C=C/C(C)=C(/C)C(=C)I. The number of hydrogen-bond acceptors (Lipinski definition) is 0. The molecule has 0 N–H and O–H groups in total. The molecule has 0 aromatic rings. The average molecular weight is 234 g/mol. The highest BCUT2D eigenvalue weighted by Crippen LogP contribution is 2.18. The van der Waals surface area contributed by atoms with Crippen molar-refractivity contribution in [2.45, 2.75) is 13.8 Å². The summed E-state index contributed by atoms with van der Waals surface area (Å²) in [7, 11) is 0. The van der Waals surface area contributed by atoms with Crippen LogP contribution in [0.4, 0.5) is 0 Å². The zero-order valence-electron chi connectivity index (χ0n) is 5.87. The van der Waals surface area contributed by atoms with Crippen molar-refractivity contribution < 1.29 is 0 Å². The minimum Gasteiger partial charge on any atom is -0.0988 e. The fourth-order valence-electron chi connectivity index (χ4n) is 0.367. The molecule has 50 valence electrons. The first-order chi connectivity index (χ1) is 4.09. The maximum absolute atomic E-state index is 3.81. The van der Waals surface area contributed by atoms with Gasteiger partial charge in [0.2, 0.25) is 0 Å². The molecule has 0 saturated carbocycles. The van der Waals surface area contributed by atoms with Gasteiger partial charge in [-0.25, -0.2) is 0 Å². The van der Waals surface area contributed by atoms with Crippen LogP contribution in [0.3, 0.4) is 0 Å². The lowest BCUT2D eigenvalue weighted by atomic mass is 10.1. The van der Waals surface area contributed by atoms with Crippen molar-refractivity contribution in [2.75, 3.05) is 0 Å². The molecule has 0 unspecified atom stereocenters. The van der Waals surface area contributed by atoms with Crippen molar-refractivity contribution in [1.82, 2.24) is 0 Å². The molecule has 0 spiro atoms. The quantitative estimate of drug-likeness (QED) is 0.507. The van der Waals surface area contributed by atoms with Crippen molar-refractivity contribution in [3.05, 3.63) is 34.0 Å². The zero-order chi connectivity index (χ0) is 7.44. The Morgan fingerprint density at radius 1 is 1.44 bits per heavy atom. The molecule has 1 heteroatoms. The Morgan fingerprint density at radius 2 is 1.89 bits per heavy atom. The largest absolute Gasteiger partial charge is 0.0988 e. The summed E-state index contributed by atoms with van der Waals surface area (Å²) >= 11 is 2.21. The Balaban J connectivity index is 4.47. The van der Waals surface area contributed by atoms with Gasteiger partial charge in [-0.3, -0.25) is 0 Å². The van der Waals surface area contributed by atoms with E-state index in [4.69, 9.17) is 0 Å². The first-order valence-electron chi connectivity index (χ1n) is 2.74. The van der Waals surface area contributed by atoms with Crippen LogP contribution < -0.4 is 0 Å². The highest BCUT2D eigenvalue weighted by atomic mass is 127. The molecule has 0 aromatic heterocycles. The van der Waals surface area contributed by atoms with Crippen LogP contribution in [0.5, 0.6) is 0 Å². The van der Waals surface area contributed by atoms with Gasteiger partial charge in [-0.2, -0.15) is 0 Å². The summed E-state index contributed by atoms with van der Waals surface area (Å²) in [4.78, 5) is 0. The third-order valence-corrected chi connectivity index (χ3v) is 2.11. The summed E-state index contributed by atoms with van der Waals surface area (Å²) < 4.78 is 1.09. The maximum atomic E-state index is 3.81. The van der Waals surface area contributed by atoms with Crippen LogP contribution in [0.2, 0.25) is 0 Å². The van der Waals surface area contributed by atoms with Crippen molar-refractivity contribution >= 4 is 22.6 Å². The minimum absolute atomic E-state index is 1.09. The fraction of sp³-hybridized carbons (Fsp3) is 0.250. The van der Waals surface area contributed by atoms with E-state index in [1.54, 1.807) is 0 Å². The van der Waals surface area contributed by atoms with Crippen LogP contribution >= 0.6 is 22.6 Å². The van der Waals surface area contributed by atoms with E-state index < -0.39 is 0 Å². The fourth-order valence-corrected chi connectivity index (χ4v) is 0.792. The van der Waals surface area contributed by atoms with E-state index in [9.17, 15) is 0 Å². The van der Waals surface area contributed by atoms with Gasteiger partial charge in [0, 0.05) is 3.58 Å². The van der Waals surface area contributed by atoms with E-state index >= 15 is 0 Å². The summed E-state index contributed by atoms with van der Waals surface area (Å²) in [6.07, 6.45) is 1.85. The molecule has 0 fully saturated rings. The monoisotopic (exact) mass is 234 g/mol. The number of halogens is 1. The van der Waals surface area contributed by atoms with E-state index in [0.29, 0.717) is 0 Å². The summed E-state index contributed by atoms with van der Waals surface area (Å²) in [6.45, 7) is 11.5. The van der Waals surface area contributed by atoms with Crippen molar-refractivity contribution in [1.29, 1.82) is 0 Å². The molecule has 0 amide bonds. The van der Waals surface area contributed by atoms with Crippen molar-refractivity contribution in [3.63, 3.8) is 0 Å². The third-order valence-electron chi connectivity index (χ3n) is 1.30. The standard InChI is InChI=1S/C8H11I/c1-5-6(2)7(3)8(4)9/h5H,1,4H2,2-3H3/b7-6-. The molecule has 0 rings (SSSR count). The summed E-state index contributed by atoms with van der Waals surface area (Å²) in [5.74, 6) is 0. The Morgan fingerprint density at radius 3 is 2.00 bits per heavy atom. The molecule has 9 heavy (non-hydrogen) atoms. The molecular weight excluding hydrogens is 223 g/mol. The molecule has 0 atom stereocenters. The van der Waals surface area contributed by atoms with Crippen molar-refractivity contribution in [3.8, 4) is 0 Å². The van der Waals surface area contributed by atoms with E-state index in [1.165, 1.54) is 11.1 Å². The topological polar surface area (TPSA) is 0 Å². The summed E-state index contributed by atoms with van der Waals surface area (Å²) in [6, 6.07) is 0. The average Bonchev–Trinajstić information content (AvgIpc) is 1.84. The second kappa shape index (κ2) is 3.88. The predicted molar refractivity (Wildman–Crippen MR) is 51.7 cm³/mol. The van der Waals surface area contributed by atoms with Crippen LogP contribution in [0.15, 0.2) is 34.0 Å². The van der Waals surface area contributed by atoms with Crippen LogP contribution in [0, 0.1) is 0 Å². The smallest absolute Gasteiger partial charge is 0.00898 e. The second-order valence-corrected chi connectivity index (χ2v) is 3.22. The predicted octanol–water partition coefficient (Wildman–Crippen LogP) is 3.46. The van der Waals surface area contributed by atoms with Gasteiger partial charge in [0.05, 0.1) is 0 Å². The van der Waals surface area contributed by atoms with Crippen LogP contribution in [-0.4, -0.2) is 0 Å².